The Balaban J connectivity index is 0.00000121. The molecule has 1 aromatic heterocycles. The van der Waals surface area contributed by atoms with Crippen LogP contribution in [0.5, 0.6) is 0 Å². The lowest BCUT2D eigenvalue weighted by atomic mass is 9.71. The number of hydrogen-bond donors (Lipinski definition) is 1. The molecule has 0 saturated carbocycles. The summed E-state index contributed by atoms with van der Waals surface area (Å²) in [6, 6.07) is 0. The molecule has 2 fully saturated rings. The Kier molecular flexibility index (Phi) is 7.36. The Bertz CT molecular complexity index is 451. The summed E-state index contributed by atoms with van der Waals surface area (Å²) in [6.45, 7) is 9.14. The molecule has 126 valence electrons. The van der Waals surface area contributed by atoms with Gasteiger partial charge in [0.05, 0.1) is 0 Å². The molecule has 0 unspecified atom stereocenters. The van der Waals surface area contributed by atoms with Crippen molar-refractivity contribution in [3.63, 3.8) is 0 Å². The van der Waals surface area contributed by atoms with Gasteiger partial charge in [-0.05, 0) is 50.1 Å². The van der Waals surface area contributed by atoms with Crippen LogP contribution in [0.15, 0.2) is 12.5 Å². The van der Waals surface area contributed by atoms with E-state index in [4.69, 9.17) is 0 Å². The molecule has 22 heavy (non-hydrogen) atoms. The van der Waals surface area contributed by atoms with E-state index in [0.717, 1.165) is 13.1 Å². The second kappa shape index (κ2) is 8.32. The highest BCUT2D eigenvalue weighted by molar-refractivity contribution is 5.85. The maximum absolute atomic E-state index is 4.56. The molecule has 6 heteroatoms. The van der Waals surface area contributed by atoms with Crippen LogP contribution in [0.3, 0.4) is 0 Å². The molecular weight excluding hydrogens is 319 g/mol. The SMILES string of the molecule is CC(C)c1cncnc1N1CCC2(CCNCC2)CC1.Cl.Cl. The molecule has 1 N–H and O–H groups in total. The molecule has 4 nitrogen and oxygen atoms in total. The number of nitrogens with zero attached hydrogens (tertiary/aromatic N) is 3. The maximum atomic E-state index is 4.56. The number of halogens is 2. The highest BCUT2D eigenvalue weighted by atomic mass is 35.5. The molecule has 0 aromatic carbocycles. The lowest BCUT2D eigenvalue weighted by molar-refractivity contribution is 0.154. The Hall–Kier alpha value is -0.580. The monoisotopic (exact) mass is 346 g/mol. The number of hydrogen-bond acceptors (Lipinski definition) is 4. The molecule has 0 bridgehead atoms. The average molecular weight is 347 g/mol. The van der Waals surface area contributed by atoms with Crippen molar-refractivity contribution in [2.45, 2.75) is 45.4 Å². The van der Waals surface area contributed by atoms with Gasteiger partial charge in [-0.15, -0.1) is 24.8 Å². The van der Waals surface area contributed by atoms with Crippen molar-refractivity contribution < 1.29 is 0 Å². The van der Waals surface area contributed by atoms with Crippen LogP contribution in [0, 0.1) is 5.41 Å². The van der Waals surface area contributed by atoms with Gasteiger partial charge in [-0.2, -0.15) is 0 Å². The zero-order valence-electron chi connectivity index (χ0n) is 13.5. The highest BCUT2D eigenvalue weighted by Crippen LogP contribution is 2.41. The summed E-state index contributed by atoms with van der Waals surface area (Å²) in [4.78, 5) is 11.2. The van der Waals surface area contributed by atoms with Crippen LogP contribution in [-0.4, -0.2) is 36.1 Å². The molecule has 2 saturated heterocycles. The summed E-state index contributed by atoms with van der Waals surface area (Å²) in [5, 5.41) is 3.49. The Labute approximate surface area is 146 Å². The Morgan fingerprint density at radius 1 is 1.09 bits per heavy atom. The van der Waals surface area contributed by atoms with Crippen LogP contribution in [0.4, 0.5) is 5.82 Å². The minimum Gasteiger partial charge on any atom is -0.356 e. The number of rotatable bonds is 2. The number of piperidine rings is 2. The molecule has 1 aromatic rings. The van der Waals surface area contributed by atoms with Crippen LogP contribution in [0.25, 0.3) is 0 Å². The lowest BCUT2D eigenvalue weighted by Gasteiger charge is -2.45. The van der Waals surface area contributed by atoms with Gasteiger partial charge in [0.15, 0.2) is 0 Å². The number of aromatic nitrogens is 2. The highest BCUT2D eigenvalue weighted by Gasteiger charge is 2.36. The van der Waals surface area contributed by atoms with Gasteiger partial charge in [-0.3, -0.25) is 0 Å². The second-order valence-electron chi connectivity index (χ2n) is 6.69. The van der Waals surface area contributed by atoms with Crippen LogP contribution >= 0.6 is 24.8 Å². The minimum absolute atomic E-state index is 0. The van der Waals surface area contributed by atoms with E-state index in [9.17, 15) is 0 Å². The van der Waals surface area contributed by atoms with Gasteiger partial charge in [0, 0.05) is 24.8 Å². The first-order valence-electron chi connectivity index (χ1n) is 7.96. The summed E-state index contributed by atoms with van der Waals surface area (Å²) >= 11 is 0. The normalized spacial score (nSPS) is 20.4. The summed E-state index contributed by atoms with van der Waals surface area (Å²) in [5.74, 6) is 1.65. The summed E-state index contributed by atoms with van der Waals surface area (Å²) < 4.78 is 0. The number of nitrogens with one attached hydrogen (secondary N) is 1. The predicted molar refractivity (Wildman–Crippen MR) is 96.6 cm³/mol. The molecule has 1 spiro atoms. The quantitative estimate of drug-likeness (QED) is 0.890. The Morgan fingerprint density at radius 3 is 2.32 bits per heavy atom. The van der Waals surface area contributed by atoms with Crippen molar-refractivity contribution in [2.75, 3.05) is 31.1 Å². The van der Waals surface area contributed by atoms with Gasteiger partial charge < -0.3 is 10.2 Å². The van der Waals surface area contributed by atoms with E-state index in [1.165, 1.54) is 50.2 Å². The van der Waals surface area contributed by atoms with E-state index in [2.05, 4.69) is 34.0 Å². The zero-order valence-corrected chi connectivity index (χ0v) is 15.2. The first kappa shape index (κ1) is 19.5. The van der Waals surface area contributed by atoms with Crippen molar-refractivity contribution in [2.24, 2.45) is 5.41 Å². The predicted octanol–water partition coefficient (Wildman–Crippen LogP) is 3.41. The van der Waals surface area contributed by atoms with Crippen molar-refractivity contribution in [3.8, 4) is 0 Å². The van der Waals surface area contributed by atoms with Gasteiger partial charge in [0.2, 0.25) is 0 Å². The summed E-state index contributed by atoms with van der Waals surface area (Å²) in [5.41, 5.74) is 1.89. The third-order valence-electron chi connectivity index (χ3n) is 5.13. The van der Waals surface area contributed by atoms with Crippen LogP contribution in [-0.2, 0) is 0 Å². The van der Waals surface area contributed by atoms with Gasteiger partial charge in [-0.25, -0.2) is 9.97 Å². The van der Waals surface area contributed by atoms with Crippen molar-refractivity contribution >= 4 is 30.6 Å². The van der Waals surface area contributed by atoms with E-state index in [0.29, 0.717) is 11.3 Å². The van der Waals surface area contributed by atoms with Crippen molar-refractivity contribution in [3.05, 3.63) is 18.1 Å². The summed E-state index contributed by atoms with van der Waals surface area (Å²) in [7, 11) is 0. The lowest BCUT2D eigenvalue weighted by Crippen LogP contribution is -2.46. The molecule has 3 rings (SSSR count). The molecule has 2 aliphatic heterocycles. The van der Waals surface area contributed by atoms with E-state index >= 15 is 0 Å². The standard InChI is InChI=1S/C16H26N4.2ClH/c1-13(2)14-11-18-12-19-15(14)20-9-5-16(6-10-20)3-7-17-8-4-16;;/h11-13,17H,3-10H2,1-2H3;2*1H. The first-order valence-corrected chi connectivity index (χ1v) is 7.96. The Morgan fingerprint density at radius 2 is 1.73 bits per heavy atom. The zero-order chi connectivity index (χ0) is 14.0. The number of anilines is 1. The van der Waals surface area contributed by atoms with Crippen molar-refractivity contribution in [1.29, 1.82) is 0 Å². The molecular formula is C16H28Cl2N4. The third-order valence-corrected chi connectivity index (χ3v) is 5.13. The second-order valence-corrected chi connectivity index (χ2v) is 6.69. The topological polar surface area (TPSA) is 41.1 Å². The van der Waals surface area contributed by atoms with E-state index < -0.39 is 0 Å². The van der Waals surface area contributed by atoms with Gasteiger partial charge in [0.1, 0.15) is 12.1 Å². The van der Waals surface area contributed by atoms with Crippen LogP contribution < -0.4 is 10.2 Å². The largest absolute Gasteiger partial charge is 0.356 e. The summed E-state index contributed by atoms with van der Waals surface area (Å²) in [6.07, 6.45) is 9.01. The van der Waals surface area contributed by atoms with Crippen molar-refractivity contribution in [1.82, 2.24) is 15.3 Å². The molecule has 2 aliphatic rings. The van der Waals surface area contributed by atoms with Crippen LogP contribution in [0.2, 0.25) is 0 Å². The van der Waals surface area contributed by atoms with Gasteiger partial charge in [-0.1, -0.05) is 13.8 Å². The molecule has 3 heterocycles. The minimum atomic E-state index is 0. The van der Waals surface area contributed by atoms with Crippen LogP contribution in [0.1, 0.15) is 51.0 Å². The maximum Gasteiger partial charge on any atom is 0.135 e. The fourth-order valence-corrected chi connectivity index (χ4v) is 3.66. The van der Waals surface area contributed by atoms with E-state index in [1.807, 2.05) is 6.20 Å². The van der Waals surface area contributed by atoms with Gasteiger partial charge in [0.25, 0.3) is 0 Å². The molecule has 0 atom stereocenters. The van der Waals surface area contributed by atoms with E-state index in [-0.39, 0.29) is 24.8 Å². The average Bonchev–Trinajstić information content (AvgIpc) is 2.49. The fourth-order valence-electron chi connectivity index (χ4n) is 3.66. The third kappa shape index (κ3) is 4.03. The van der Waals surface area contributed by atoms with Gasteiger partial charge >= 0.3 is 0 Å². The molecule has 0 amide bonds. The first-order chi connectivity index (χ1) is 9.70. The fraction of sp³-hybridized carbons (Fsp3) is 0.750. The van der Waals surface area contributed by atoms with E-state index in [1.54, 1.807) is 6.33 Å². The molecule has 0 radical (unpaired) electrons. The molecule has 0 aliphatic carbocycles. The smallest absolute Gasteiger partial charge is 0.135 e.